The molecule has 1 amide bonds. The smallest absolute Gasteiger partial charge is 0.237 e. The molecule has 0 saturated carbocycles. The topological polar surface area (TPSA) is 56.2 Å². The van der Waals surface area contributed by atoms with Crippen LogP contribution >= 0.6 is 23.4 Å². The van der Waals surface area contributed by atoms with E-state index in [2.05, 4.69) is 5.32 Å². The lowest BCUT2D eigenvalue weighted by Gasteiger charge is -2.16. The molecule has 4 nitrogen and oxygen atoms in total. The van der Waals surface area contributed by atoms with Gasteiger partial charge in [0.15, 0.2) is 0 Å². The van der Waals surface area contributed by atoms with Crippen LogP contribution in [0, 0.1) is 11.2 Å². The number of nitrogens with zero attached hydrogens (tertiary/aromatic N) is 1. The number of benzene rings is 2. The van der Waals surface area contributed by atoms with Crippen molar-refractivity contribution in [2.45, 2.75) is 6.42 Å². The summed E-state index contributed by atoms with van der Waals surface area (Å²) in [6, 6.07) is 13.0. The Morgan fingerprint density at radius 3 is 2.50 bits per heavy atom. The van der Waals surface area contributed by atoms with Crippen molar-refractivity contribution in [3.63, 3.8) is 0 Å². The van der Waals surface area contributed by atoms with Gasteiger partial charge in [-0.15, -0.1) is 0 Å². The third kappa shape index (κ3) is 3.02. The van der Waals surface area contributed by atoms with Crippen molar-refractivity contribution in [2.75, 3.05) is 4.90 Å². The molecule has 2 aromatic carbocycles. The molecule has 26 heavy (non-hydrogen) atoms. The van der Waals surface area contributed by atoms with Gasteiger partial charge in [-0.25, -0.2) is 4.39 Å². The van der Waals surface area contributed by atoms with E-state index in [9.17, 15) is 9.18 Å². The molecule has 0 radical (unpaired) electrons. The lowest BCUT2D eigenvalue weighted by Crippen LogP contribution is -2.28. The molecule has 1 saturated heterocycles. The predicted octanol–water partition coefficient (Wildman–Crippen LogP) is 4.74. The molecule has 0 aromatic heterocycles. The molecule has 2 aliphatic rings. The molecule has 1 fully saturated rings. The van der Waals surface area contributed by atoms with Crippen LogP contribution in [0.15, 0.2) is 64.5 Å². The Morgan fingerprint density at radius 2 is 1.81 bits per heavy atom. The number of thioether (sulfide) groups is 1. The first kappa shape index (κ1) is 16.9. The Kier molecular flexibility index (Phi) is 4.30. The average Bonchev–Trinajstić information content (AvgIpc) is 3.22. The van der Waals surface area contributed by atoms with Gasteiger partial charge in [-0.2, -0.15) is 0 Å². The fourth-order valence-corrected chi connectivity index (χ4v) is 3.88. The van der Waals surface area contributed by atoms with Crippen LogP contribution in [0.25, 0.3) is 5.70 Å². The van der Waals surface area contributed by atoms with E-state index < -0.39 is 0 Å². The summed E-state index contributed by atoms with van der Waals surface area (Å²) in [7, 11) is 0. The normalized spacial score (nSPS) is 19.8. The van der Waals surface area contributed by atoms with Gasteiger partial charge >= 0.3 is 0 Å². The number of carbonyl (C=O) groups excluding carboxylic acids is 1. The van der Waals surface area contributed by atoms with Gasteiger partial charge in [0.2, 0.25) is 5.91 Å². The van der Waals surface area contributed by atoms with E-state index in [1.165, 1.54) is 40.9 Å². The van der Waals surface area contributed by atoms with Gasteiger partial charge in [-0.05, 0) is 42.0 Å². The van der Waals surface area contributed by atoms with Crippen molar-refractivity contribution in [3.8, 4) is 0 Å². The summed E-state index contributed by atoms with van der Waals surface area (Å²) in [5, 5.41) is 15.1. The van der Waals surface area contributed by atoms with Crippen molar-refractivity contribution in [2.24, 2.45) is 0 Å². The first-order valence-electron chi connectivity index (χ1n) is 7.83. The van der Waals surface area contributed by atoms with E-state index in [0.717, 1.165) is 16.3 Å². The molecule has 0 atom stereocenters. The third-order valence-electron chi connectivity index (χ3n) is 4.14. The first-order chi connectivity index (χ1) is 12.5. The number of hydrogen-bond donors (Lipinski definition) is 2. The summed E-state index contributed by atoms with van der Waals surface area (Å²) in [4.78, 5) is 13.7. The monoisotopic (exact) mass is 385 g/mol. The van der Waals surface area contributed by atoms with Crippen LogP contribution in [-0.2, 0) is 4.79 Å². The van der Waals surface area contributed by atoms with Crippen LogP contribution in [0.5, 0.6) is 0 Å². The Balaban J connectivity index is 1.59. The van der Waals surface area contributed by atoms with Gasteiger partial charge in [-0.1, -0.05) is 35.5 Å². The second kappa shape index (κ2) is 6.63. The van der Waals surface area contributed by atoms with Crippen LogP contribution in [0.3, 0.4) is 0 Å². The molecule has 4 rings (SSSR count). The highest BCUT2D eigenvalue weighted by atomic mass is 35.5. The number of anilines is 1. The fourth-order valence-electron chi connectivity index (χ4n) is 2.84. The Labute approximate surface area is 158 Å². The highest BCUT2D eigenvalue weighted by Crippen LogP contribution is 2.37. The second-order valence-electron chi connectivity index (χ2n) is 5.82. The predicted molar refractivity (Wildman–Crippen MR) is 103 cm³/mol. The van der Waals surface area contributed by atoms with Gasteiger partial charge in [0.05, 0.1) is 22.8 Å². The van der Waals surface area contributed by atoms with E-state index >= 15 is 0 Å². The standard InChI is InChI=1S/C19H13ClFN3OS/c20-12-3-1-11(2-4-12)16-10-26-19(23-16)15-9-17(25)24(18(15)22)14-7-5-13(21)6-8-14/h1-8,10,22-23H,9H2/b19-15-,22-18?. The number of amides is 1. The minimum absolute atomic E-state index is 0.113. The summed E-state index contributed by atoms with van der Waals surface area (Å²) < 4.78 is 13.1. The van der Waals surface area contributed by atoms with Gasteiger partial charge < -0.3 is 5.32 Å². The van der Waals surface area contributed by atoms with Gasteiger partial charge in [-0.3, -0.25) is 15.1 Å². The fraction of sp³-hybridized carbons (Fsp3) is 0.0526. The Morgan fingerprint density at radius 1 is 1.12 bits per heavy atom. The van der Waals surface area contributed by atoms with Crippen LogP contribution < -0.4 is 10.2 Å². The number of halogens is 2. The zero-order chi connectivity index (χ0) is 18.3. The van der Waals surface area contributed by atoms with E-state index in [1.54, 1.807) is 0 Å². The van der Waals surface area contributed by atoms with Crippen LogP contribution in [0.1, 0.15) is 12.0 Å². The van der Waals surface area contributed by atoms with Crippen molar-refractivity contribution in [1.82, 2.24) is 5.32 Å². The first-order valence-corrected chi connectivity index (χ1v) is 9.09. The van der Waals surface area contributed by atoms with Crippen LogP contribution in [0.2, 0.25) is 5.02 Å². The molecule has 2 aromatic rings. The molecule has 0 bridgehead atoms. The Bertz CT molecular complexity index is 967. The van der Waals surface area contributed by atoms with Crippen molar-refractivity contribution in [3.05, 3.63) is 80.9 Å². The van der Waals surface area contributed by atoms with E-state index in [1.807, 2.05) is 29.7 Å². The van der Waals surface area contributed by atoms with E-state index in [0.29, 0.717) is 16.3 Å². The lowest BCUT2D eigenvalue weighted by molar-refractivity contribution is -0.116. The maximum Gasteiger partial charge on any atom is 0.237 e. The summed E-state index contributed by atoms with van der Waals surface area (Å²) in [6.45, 7) is 0. The highest BCUT2D eigenvalue weighted by Gasteiger charge is 2.35. The molecule has 0 aliphatic carbocycles. The van der Waals surface area contributed by atoms with Crippen molar-refractivity contribution >= 4 is 46.5 Å². The van der Waals surface area contributed by atoms with Crippen molar-refractivity contribution in [1.29, 1.82) is 5.41 Å². The van der Waals surface area contributed by atoms with Gasteiger partial charge in [0.25, 0.3) is 0 Å². The second-order valence-corrected chi connectivity index (χ2v) is 7.14. The largest absolute Gasteiger partial charge is 0.349 e. The van der Waals surface area contributed by atoms with Crippen LogP contribution in [0.4, 0.5) is 10.1 Å². The number of rotatable bonds is 2. The third-order valence-corrected chi connectivity index (χ3v) is 5.33. The molecule has 0 spiro atoms. The lowest BCUT2D eigenvalue weighted by atomic mass is 10.1. The maximum atomic E-state index is 13.1. The molecule has 2 aliphatic heterocycles. The molecule has 7 heteroatoms. The molecule has 0 unspecified atom stereocenters. The van der Waals surface area contributed by atoms with Gasteiger partial charge in [0.1, 0.15) is 11.7 Å². The quantitative estimate of drug-likeness (QED) is 0.785. The minimum Gasteiger partial charge on any atom is -0.349 e. The number of amidine groups is 1. The zero-order valence-electron chi connectivity index (χ0n) is 13.4. The molecular weight excluding hydrogens is 373 g/mol. The summed E-state index contributed by atoms with van der Waals surface area (Å²) in [6.07, 6.45) is 0.132. The summed E-state index contributed by atoms with van der Waals surface area (Å²) in [5.74, 6) is -0.468. The minimum atomic E-state index is -0.379. The number of carbonyl (C=O) groups is 1. The van der Waals surface area contributed by atoms with Crippen molar-refractivity contribution < 1.29 is 9.18 Å². The zero-order valence-corrected chi connectivity index (χ0v) is 15.0. The summed E-state index contributed by atoms with van der Waals surface area (Å²) >= 11 is 7.37. The van der Waals surface area contributed by atoms with Crippen LogP contribution in [-0.4, -0.2) is 11.7 Å². The molecule has 2 N–H and O–H groups in total. The number of hydrogen-bond acceptors (Lipinski definition) is 4. The van der Waals surface area contributed by atoms with E-state index in [4.69, 9.17) is 17.0 Å². The SMILES string of the molecule is N=C1/C(=C2/NC(c3ccc(Cl)cc3)=CS2)CC(=O)N1c1ccc(F)cc1. The maximum absolute atomic E-state index is 13.1. The van der Waals surface area contributed by atoms with E-state index in [-0.39, 0.29) is 24.0 Å². The Hall–Kier alpha value is -2.57. The number of nitrogens with one attached hydrogen (secondary N) is 2. The highest BCUT2D eigenvalue weighted by molar-refractivity contribution is 8.06. The van der Waals surface area contributed by atoms with Gasteiger partial charge in [0, 0.05) is 16.0 Å². The average molecular weight is 386 g/mol. The molecular formula is C19H13ClFN3OS. The molecule has 2 heterocycles. The molecule has 130 valence electrons. The summed E-state index contributed by atoms with van der Waals surface area (Å²) in [5.41, 5.74) is 2.99.